The molecule has 1 fully saturated rings. The van der Waals surface area contributed by atoms with Crippen LogP contribution in [0.15, 0.2) is 0 Å². The Bertz CT molecular complexity index is 494. The fourth-order valence-corrected chi connectivity index (χ4v) is 3.33. The van der Waals surface area contributed by atoms with Crippen molar-refractivity contribution in [3.8, 4) is 0 Å². The first kappa shape index (κ1) is 15.2. The molecule has 1 aliphatic heterocycles. The molecule has 0 aliphatic carbocycles. The van der Waals surface area contributed by atoms with Crippen LogP contribution in [-0.2, 0) is 10.8 Å². The van der Waals surface area contributed by atoms with Crippen molar-refractivity contribution in [2.75, 3.05) is 41.4 Å². The summed E-state index contributed by atoms with van der Waals surface area (Å²) >= 11 is 0. The summed E-state index contributed by atoms with van der Waals surface area (Å²) in [5.74, 6) is 4.55. The fourth-order valence-electron chi connectivity index (χ4n) is 2.28. The van der Waals surface area contributed by atoms with E-state index in [4.69, 9.17) is 4.98 Å². The van der Waals surface area contributed by atoms with E-state index in [1.54, 1.807) is 0 Å². The third kappa shape index (κ3) is 3.29. The highest BCUT2D eigenvalue weighted by Gasteiger charge is 2.21. The van der Waals surface area contributed by atoms with Gasteiger partial charge in [0.25, 0.3) is 0 Å². The van der Waals surface area contributed by atoms with Gasteiger partial charge in [-0.2, -0.15) is 0 Å². The molecule has 6 heteroatoms. The molecule has 1 aromatic heterocycles. The first-order valence-electron chi connectivity index (χ1n) is 7.25. The summed E-state index contributed by atoms with van der Waals surface area (Å²) in [7, 11) is -0.665. The van der Waals surface area contributed by atoms with E-state index < -0.39 is 10.8 Å². The van der Waals surface area contributed by atoms with Gasteiger partial charge in [-0.3, -0.25) is 4.21 Å². The molecule has 0 radical (unpaired) electrons. The van der Waals surface area contributed by atoms with Crippen LogP contribution >= 0.6 is 0 Å². The summed E-state index contributed by atoms with van der Waals surface area (Å²) in [5, 5.41) is 3.32. The van der Waals surface area contributed by atoms with Crippen molar-refractivity contribution < 1.29 is 4.21 Å². The molecule has 0 atom stereocenters. The number of hydrogen-bond donors (Lipinski definition) is 1. The fraction of sp³-hybridized carbons (Fsp3) is 0.714. The molecule has 1 saturated heterocycles. The lowest BCUT2D eigenvalue weighted by Gasteiger charge is -2.29. The molecule has 2 heterocycles. The second kappa shape index (κ2) is 6.52. The second-order valence-corrected chi connectivity index (χ2v) is 7.10. The van der Waals surface area contributed by atoms with Crippen LogP contribution in [0.2, 0.25) is 0 Å². The quantitative estimate of drug-likeness (QED) is 0.920. The monoisotopic (exact) mass is 296 g/mol. The summed E-state index contributed by atoms with van der Waals surface area (Å²) < 4.78 is 11.5. The van der Waals surface area contributed by atoms with Crippen LogP contribution in [-0.4, -0.2) is 45.3 Å². The van der Waals surface area contributed by atoms with Crippen molar-refractivity contribution in [3.63, 3.8) is 0 Å². The van der Waals surface area contributed by atoms with Crippen LogP contribution in [0.25, 0.3) is 0 Å². The predicted octanol–water partition coefficient (Wildman–Crippen LogP) is 1.91. The molecule has 112 valence electrons. The van der Waals surface area contributed by atoms with Crippen LogP contribution in [0, 0.1) is 6.92 Å². The molecule has 0 spiro atoms. The van der Waals surface area contributed by atoms with Gasteiger partial charge in [0.15, 0.2) is 0 Å². The van der Waals surface area contributed by atoms with Gasteiger partial charge in [-0.1, -0.05) is 13.8 Å². The molecule has 1 aromatic rings. The van der Waals surface area contributed by atoms with E-state index in [1.807, 2.05) is 0 Å². The Balaban J connectivity index is 2.37. The van der Waals surface area contributed by atoms with E-state index in [9.17, 15) is 4.21 Å². The van der Waals surface area contributed by atoms with Gasteiger partial charge >= 0.3 is 0 Å². The van der Waals surface area contributed by atoms with Gasteiger partial charge in [-0.25, -0.2) is 9.97 Å². The maximum Gasteiger partial charge on any atom is 0.137 e. The van der Waals surface area contributed by atoms with Crippen molar-refractivity contribution in [2.45, 2.75) is 33.6 Å². The number of nitrogens with one attached hydrogen (secondary N) is 1. The predicted molar refractivity (Wildman–Crippen MR) is 85.1 cm³/mol. The summed E-state index contributed by atoms with van der Waals surface area (Å²) in [6, 6.07) is 0. The number of anilines is 2. The average Bonchev–Trinajstić information content (AvgIpc) is 2.42. The van der Waals surface area contributed by atoms with Crippen LogP contribution in [0.5, 0.6) is 0 Å². The Kier molecular flexibility index (Phi) is 4.96. The first-order valence-corrected chi connectivity index (χ1v) is 8.74. The zero-order valence-corrected chi connectivity index (χ0v) is 13.6. The number of hydrogen-bond acceptors (Lipinski definition) is 5. The third-order valence-electron chi connectivity index (χ3n) is 3.48. The first-order chi connectivity index (χ1) is 9.52. The van der Waals surface area contributed by atoms with Crippen LogP contribution < -0.4 is 10.2 Å². The zero-order valence-electron chi connectivity index (χ0n) is 12.8. The van der Waals surface area contributed by atoms with E-state index in [-0.39, 0.29) is 0 Å². The molecule has 0 saturated carbocycles. The highest BCUT2D eigenvalue weighted by molar-refractivity contribution is 7.85. The maximum atomic E-state index is 11.5. The van der Waals surface area contributed by atoms with Crippen molar-refractivity contribution in [3.05, 3.63) is 11.4 Å². The van der Waals surface area contributed by atoms with Crippen molar-refractivity contribution >= 4 is 22.4 Å². The lowest BCUT2D eigenvalue weighted by Crippen LogP contribution is -2.39. The smallest absolute Gasteiger partial charge is 0.137 e. The van der Waals surface area contributed by atoms with Gasteiger partial charge in [-0.15, -0.1) is 0 Å². The van der Waals surface area contributed by atoms with Crippen molar-refractivity contribution in [2.24, 2.45) is 0 Å². The third-order valence-corrected chi connectivity index (χ3v) is 4.75. The lowest BCUT2D eigenvalue weighted by atomic mass is 10.2. The number of rotatable bonds is 4. The molecule has 2 rings (SSSR count). The Morgan fingerprint density at radius 2 is 1.95 bits per heavy atom. The van der Waals surface area contributed by atoms with Crippen molar-refractivity contribution in [1.82, 2.24) is 9.97 Å². The van der Waals surface area contributed by atoms with Gasteiger partial charge in [0, 0.05) is 53.4 Å². The van der Waals surface area contributed by atoms with Gasteiger partial charge in [0.2, 0.25) is 0 Å². The van der Waals surface area contributed by atoms with Gasteiger partial charge < -0.3 is 10.2 Å². The van der Waals surface area contributed by atoms with Gasteiger partial charge in [-0.05, 0) is 13.8 Å². The molecule has 20 heavy (non-hydrogen) atoms. The minimum Gasteiger partial charge on any atom is -0.370 e. The molecule has 1 N–H and O–H groups in total. The van der Waals surface area contributed by atoms with Crippen LogP contribution in [0.3, 0.4) is 0 Å². The Morgan fingerprint density at radius 1 is 1.30 bits per heavy atom. The molecular formula is C14H24N4OS. The average molecular weight is 296 g/mol. The summed E-state index contributed by atoms with van der Waals surface area (Å²) in [4.78, 5) is 11.6. The highest BCUT2D eigenvalue weighted by atomic mass is 32.2. The molecule has 0 amide bonds. The lowest BCUT2D eigenvalue weighted by molar-refractivity contribution is 0.671. The summed E-state index contributed by atoms with van der Waals surface area (Å²) in [6.45, 7) is 10.8. The van der Waals surface area contributed by atoms with Gasteiger partial charge in [0.05, 0.1) is 0 Å². The summed E-state index contributed by atoms with van der Waals surface area (Å²) in [5.41, 5.74) is 1.09. The summed E-state index contributed by atoms with van der Waals surface area (Å²) in [6.07, 6.45) is 0. The molecule has 0 aromatic carbocycles. The van der Waals surface area contributed by atoms with E-state index >= 15 is 0 Å². The maximum absolute atomic E-state index is 11.5. The molecular weight excluding hydrogens is 272 g/mol. The molecule has 0 bridgehead atoms. The Labute approximate surface area is 123 Å². The minimum absolute atomic E-state index is 0.297. The molecule has 5 nitrogen and oxygen atoms in total. The SMILES string of the molecule is CCNc1nc(C(C)C)nc(N2CCS(=O)CC2)c1C. The number of aromatic nitrogens is 2. The minimum atomic E-state index is -0.665. The van der Waals surface area contributed by atoms with E-state index in [1.165, 1.54) is 0 Å². The van der Waals surface area contributed by atoms with Crippen molar-refractivity contribution in [1.29, 1.82) is 0 Å². The Hall–Kier alpha value is -1.17. The molecule has 0 unspecified atom stereocenters. The van der Waals surface area contributed by atoms with Crippen LogP contribution in [0.4, 0.5) is 11.6 Å². The largest absolute Gasteiger partial charge is 0.370 e. The highest BCUT2D eigenvalue weighted by Crippen LogP contribution is 2.26. The van der Waals surface area contributed by atoms with E-state index in [0.717, 1.165) is 54.2 Å². The van der Waals surface area contributed by atoms with E-state index in [0.29, 0.717) is 5.92 Å². The van der Waals surface area contributed by atoms with Crippen LogP contribution in [0.1, 0.15) is 38.1 Å². The number of nitrogens with zero attached hydrogens (tertiary/aromatic N) is 3. The topological polar surface area (TPSA) is 58.1 Å². The molecule has 1 aliphatic rings. The zero-order chi connectivity index (χ0) is 14.7. The van der Waals surface area contributed by atoms with E-state index in [2.05, 4.69) is 42.9 Å². The van der Waals surface area contributed by atoms with Gasteiger partial charge in [0.1, 0.15) is 17.5 Å². The Morgan fingerprint density at radius 3 is 2.50 bits per heavy atom. The second-order valence-electron chi connectivity index (χ2n) is 5.40. The standard InChI is InChI=1S/C14H24N4OS/c1-5-15-13-11(4)14(17-12(16-13)10(2)3)18-6-8-20(19)9-7-18/h10H,5-9H2,1-4H3,(H,15,16,17). The normalized spacial score (nSPS) is 16.8.